The first-order valence-corrected chi connectivity index (χ1v) is 8.22. The van der Waals surface area contributed by atoms with E-state index in [9.17, 15) is 9.59 Å². The van der Waals surface area contributed by atoms with Crippen molar-refractivity contribution in [2.45, 2.75) is 26.2 Å². The highest BCUT2D eigenvalue weighted by molar-refractivity contribution is 5.88. The maximum Gasteiger partial charge on any atom is 0.335 e. The van der Waals surface area contributed by atoms with Gasteiger partial charge in [-0.2, -0.15) is 0 Å². The quantitative estimate of drug-likeness (QED) is 0.774. The maximum absolute atomic E-state index is 12.0. The number of aryl methyl sites for hydroxylation is 2. The number of benzene rings is 2. The molecule has 0 spiro atoms. The molecule has 1 amide bonds. The third kappa shape index (κ3) is 5.64. The molecule has 0 unspecified atom stereocenters. The van der Waals surface area contributed by atoms with Crippen LogP contribution in [0.1, 0.15) is 33.5 Å². The molecule has 0 aliphatic rings. The molecule has 0 bridgehead atoms. The van der Waals surface area contributed by atoms with E-state index in [0.29, 0.717) is 31.6 Å². The minimum absolute atomic E-state index is 0.00157. The highest BCUT2D eigenvalue weighted by Crippen LogP contribution is 2.20. The third-order valence-corrected chi connectivity index (χ3v) is 4.01. The lowest BCUT2D eigenvalue weighted by molar-refractivity contribution is -0.121. The normalized spacial score (nSPS) is 10.3. The molecule has 0 heterocycles. The van der Waals surface area contributed by atoms with E-state index < -0.39 is 5.97 Å². The van der Waals surface area contributed by atoms with Gasteiger partial charge in [0.05, 0.1) is 12.7 Å². The van der Waals surface area contributed by atoms with Gasteiger partial charge in [-0.15, -0.1) is 0 Å². The molecule has 0 saturated carbocycles. The Morgan fingerprint density at radius 2 is 1.80 bits per heavy atom. The molecule has 0 fully saturated rings. The monoisotopic (exact) mass is 341 g/mol. The zero-order chi connectivity index (χ0) is 18.2. The summed E-state index contributed by atoms with van der Waals surface area (Å²) in [7, 11) is 1.50. The molecule has 0 aliphatic carbocycles. The molecule has 132 valence electrons. The fraction of sp³-hybridized carbons (Fsp3) is 0.300. The van der Waals surface area contributed by atoms with Gasteiger partial charge in [-0.25, -0.2) is 4.79 Å². The van der Waals surface area contributed by atoms with Crippen LogP contribution < -0.4 is 10.1 Å². The molecule has 0 aromatic heterocycles. The van der Waals surface area contributed by atoms with Crippen molar-refractivity contribution in [3.05, 3.63) is 64.7 Å². The average Bonchev–Trinajstić information content (AvgIpc) is 2.61. The number of methoxy groups -OCH3 is 1. The molecule has 0 aliphatic heterocycles. The van der Waals surface area contributed by atoms with Gasteiger partial charge in [0.1, 0.15) is 5.75 Å². The Morgan fingerprint density at radius 1 is 1.08 bits per heavy atom. The molecule has 5 heteroatoms. The summed E-state index contributed by atoms with van der Waals surface area (Å²) < 4.78 is 5.23. The van der Waals surface area contributed by atoms with Crippen LogP contribution >= 0.6 is 0 Å². The first kappa shape index (κ1) is 18.5. The van der Waals surface area contributed by atoms with E-state index in [4.69, 9.17) is 9.84 Å². The summed E-state index contributed by atoms with van der Waals surface area (Å²) in [5.74, 6) is -0.468. The highest BCUT2D eigenvalue weighted by atomic mass is 16.5. The lowest BCUT2D eigenvalue weighted by atomic mass is 10.1. The molecule has 2 N–H and O–H groups in total. The first-order valence-electron chi connectivity index (χ1n) is 8.22. The van der Waals surface area contributed by atoms with E-state index in [-0.39, 0.29) is 11.5 Å². The SMILES string of the molecule is COc1cc(C(=O)O)ccc1CCNC(=O)CCc1ccc(C)cc1. The second kappa shape index (κ2) is 8.87. The van der Waals surface area contributed by atoms with Crippen molar-refractivity contribution in [1.29, 1.82) is 0 Å². The summed E-state index contributed by atoms with van der Waals surface area (Å²) in [6.07, 6.45) is 1.74. The molecule has 0 radical (unpaired) electrons. The zero-order valence-electron chi connectivity index (χ0n) is 14.5. The minimum Gasteiger partial charge on any atom is -0.496 e. The van der Waals surface area contributed by atoms with Crippen molar-refractivity contribution >= 4 is 11.9 Å². The lowest BCUT2D eigenvalue weighted by Crippen LogP contribution is -2.26. The third-order valence-electron chi connectivity index (χ3n) is 4.01. The lowest BCUT2D eigenvalue weighted by Gasteiger charge is -2.10. The van der Waals surface area contributed by atoms with Crippen LogP contribution in [-0.2, 0) is 17.6 Å². The number of hydrogen-bond donors (Lipinski definition) is 2. The first-order chi connectivity index (χ1) is 12.0. The topological polar surface area (TPSA) is 75.6 Å². The maximum atomic E-state index is 12.0. The number of nitrogens with one attached hydrogen (secondary N) is 1. The Kier molecular flexibility index (Phi) is 6.57. The van der Waals surface area contributed by atoms with Crippen LogP contribution in [0.5, 0.6) is 5.75 Å². The van der Waals surface area contributed by atoms with Gasteiger partial charge in [0.15, 0.2) is 0 Å². The van der Waals surface area contributed by atoms with Crippen molar-refractivity contribution < 1.29 is 19.4 Å². The van der Waals surface area contributed by atoms with Crippen LogP contribution in [0.15, 0.2) is 42.5 Å². The number of carboxylic acid groups (broad SMARTS) is 1. The smallest absolute Gasteiger partial charge is 0.335 e. The van der Waals surface area contributed by atoms with Gasteiger partial charge in [0, 0.05) is 13.0 Å². The van der Waals surface area contributed by atoms with Crippen molar-refractivity contribution in [3.8, 4) is 5.75 Å². The Morgan fingerprint density at radius 3 is 2.44 bits per heavy atom. The van der Waals surface area contributed by atoms with Crippen LogP contribution in [0, 0.1) is 6.92 Å². The van der Waals surface area contributed by atoms with E-state index >= 15 is 0 Å². The molecule has 0 atom stereocenters. The van der Waals surface area contributed by atoms with Gasteiger partial charge >= 0.3 is 5.97 Å². The highest BCUT2D eigenvalue weighted by Gasteiger charge is 2.09. The predicted molar refractivity (Wildman–Crippen MR) is 96.2 cm³/mol. The van der Waals surface area contributed by atoms with Crippen molar-refractivity contribution in [2.75, 3.05) is 13.7 Å². The van der Waals surface area contributed by atoms with Crippen molar-refractivity contribution in [1.82, 2.24) is 5.32 Å². The molecule has 2 aromatic carbocycles. The van der Waals surface area contributed by atoms with Crippen LogP contribution in [-0.4, -0.2) is 30.6 Å². The number of carbonyl (C=O) groups excluding carboxylic acids is 1. The Labute approximate surface area is 147 Å². The molecule has 0 saturated heterocycles. The van der Waals surface area contributed by atoms with Crippen LogP contribution in [0.3, 0.4) is 0 Å². The van der Waals surface area contributed by atoms with Gasteiger partial charge in [-0.05, 0) is 43.0 Å². The predicted octanol–water partition coefficient (Wildman–Crippen LogP) is 2.99. The number of hydrogen-bond acceptors (Lipinski definition) is 3. The van der Waals surface area contributed by atoms with Crippen molar-refractivity contribution in [3.63, 3.8) is 0 Å². The number of aromatic carboxylic acids is 1. The minimum atomic E-state index is -0.991. The Hall–Kier alpha value is -2.82. The van der Waals surface area contributed by atoms with Gasteiger partial charge in [-0.1, -0.05) is 35.9 Å². The number of ether oxygens (including phenoxy) is 1. The van der Waals surface area contributed by atoms with E-state index in [1.807, 2.05) is 31.2 Å². The molecule has 2 rings (SSSR count). The van der Waals surface area contributed by atoms with Crippen LogP contribution in [0.4, 0.5) is 0 Å². The summed E-state index contributed by atoms with van der Waals surface area (Å²) in [5.41, 5.74) is 3.40. The summed E-state index contributed by atoms with van der Waals surface area (Å²) in [6, 6.07) is 12.9. The molecular formula is C20H23NO4. The molecule has 2 aromatic rings. The van der Waals surface area contributed by atoms with E-state index in [0.717, 1.165) is 11.1 Å². The number of carboxylic acids is 1. The second-order valence-corrected chi connectivity index (χ2v) is 5.92. The van der Waals surface area contributed by atoms with Gasteiger partial charge < -0.3 is 15.2 Å². The summed E-state index contributed by atoms with van der Waals surface area (Å²) >= 11 is 0. The van der Waals surface area contributed by atoms with E-state index in [2.05, 4.69) is 5.32 Å². The number of amides is 1. The number of carbonyl (C=O) groups is 2. The molecule has 25 heavy (non-hydrogen) atoms. The van der Waals surface area contributed by atoms with Gasteiger partial charge in [0.2, 0.25) is 5.91 Å². The second-order valence-electron chi connectivity index (χ2n) is 5.92. The fourth-order valence-corrected chi connectivity index (χ4v) is 2.52. The van der Waals surface area contributed by atoms with E-state index in [1.165, 1.54) is 18.7 Å². The van der Waals surface area contributed by atoms with Crippen molar-refractivity contribution in [2.24, 2.45) is 0 Å². The zero-order valence-corrected chi connectivity index (χ0v) is 14.5. The summed E-state index contributed by atoms with van der Waals surface area (Å²) in [6.45, 7) is 2.52. The van der Waals surface area contributed by atoms with E-state index in [1.54, 1.807) is 12.1 Å². The van der Waals surface area contributed by atoms with Gasteiger partial charge in [-0.3, -0.25) is 4.79 Å². The summed E-state index contributed by atoms with van der Waals surface area (Å²) in [4.78, 5) is 22.9. The van der Waals surface area contributed by atoms with Gasteiger partial charge in [0.25, 0.3) is 0 Å². The molecule has 5 nitrogen and oxygen atoms in total. The van der Waals surface area contributed by atoms with Crippen LogP contribution in [0.2, 0.25) is 0 Å². The van der Waals surface area contributed by atoms with Crippen LogP contribution in [0.25, 0.3) is 0 Å². The largest absolute Gasteiger partial charge is 0.496 e. The fourth-order valence-electron chi connectivity index (χ4n) is 2.52. The molecular weight excluding hydrogens is 318 g/mol. The summed E-state index contributed by atoms with van der Waals surface area (Å²) in [5, 5.41) is 11.9. The Balaban J connectivity index is 1.80. The number of rotatable bonds is 8. The average molecular weight is 341 g/mol. The Bertz CT molecular complexity index is 738. The standard InChI is InChI=1S/C20H23NO4/c1-14-3-5-15(6-4-14)7-10-19(22)21-12-11-16-8-9-17(20(23)24)13-18(16)25-2/h3-6,8-9,13H,7,10-12H2,1-2H3,(H,21,22)(H,23,24).